The maximum Gasteiger partial charge on any atom is 0.264 e. The first kappa shape index (κ1) is 31.4. The Balaban J connectivity index is 1.73. The van der Waals surface area contributed by atoms with Crippen LogP contribution in [0.1, 0.15) is 50.2 Å². The number of hydrogen-bond donors (Lipinski definition) is 1. The minimum atomic E-state index is -4.24. The number of carbonyl (C=O) groups is 2. The molecule has 0 radical (unpaired) electrons. The molecule has 8 nitrogen and oxygen atoms in total. The molecule has 3 aromatic rings. The van der Waals surface area contributed by atoms with Gasteiger partial charge in [0, 0.05) is 17.6 Å². The number of carbonyl (C=O) groups excluding carboxylic acids is 2. The van der Waals surface area contributed by atoms with E-state index in [2.05, 4.69) is 5.32 Å². The zero-order chi connectivity index (χ0) is 30.3. The molecule has 1 saturated carbocycles. The lowest BCUT2D eigenvalue weighted by Crippen LogP contribution is -2.53. The highest BCUT2D eigenvalue weighted by atomic mass is 35.5. The van der Waals surface area contributed by atoms with Crippen LogP contribution in [0.3, 0.4) is 0 Å². The Morgan fingerprint density at radius 3 is 2.33 bits per heavy atom. The fraction of sp³-hybridized carbons (Fsp3) is 0.375. The first-order chi connectivity index (χ1) is 20.1. The van der Waals surface area contributed by atoms with Crippen LogP contribution >= 0.6 is 11.6 Å². The molecule has 2 amide bonds. The molecule has 1 N–H and O–H groups in total. The molecule has 0 bridgehead atoms. The molecule has 1 aliphatic rings. The van der Waals surface area contributed by atoms with Crippen LogP contribution in [0.25, 0.3) is 0 Å². The van der Waals surface area contributed by atoms with Crippen LogP contribution in [0.5, 0.6) is 5.75 Å². The van der Waals surface area contributed by atoms with Gasteiger partial charge in [-0.15, -0.1) is 0 Å². The SMILES string of the molecule is COc1ccc(Cl)cc1N(CC(=O)N(Cc1ccccc1C)[C@@H](C)C(=O)NC1CCCCC1)S(=O)(=O)c1ccccc1. The topological polar surface area (TPSA) is 96.0 Å². The van der Waals surface area contributed by atoms with Gasteiger partial charge in [-0.1, -0.05) is 73.3 Å². The largest absolute Gasteiger partial charge is 0.495 e. The number of amides is 2. The number of benzene rings is 3. The second kappa shape index (κ2) is 14.1. The van der Waals surface area contributed by atoms with Crippen molar-refractivity contribution in [2.75, 3.05) is 18.0 Å². The fourth-order valence-electron chi connectivity index (χ4n) is 5.21. The van der Waals surface area contributed by atoms with Crippen LogP contribution in [-0.4, -0.2) is 50.9 Å². The molecular weight excluding hydrogens is 574 g/mol. The Kier molecular flexibility index (Phi) is 10.5. The van der Waals surface area contributed by atoms with E-state index in [1.165, 1.54) is 30.2 Å². The van der Waals surface area contributed by atoms with E-state index in [-0.39, 0.29) is 39.8 Å². The molecule has 0 saturated heterocycles. The highest BCUT2D eigenvalue weighted by Gasteiger charge is 2.34. The number of aryl methyl sites for hydroxylation is 1. The highest BCUT2D eigenvalue weighted by molar-refractivity contribution is 7.92. The molecule has 1 atom stereocenters. The van der Waals surface area contributed by atoms with Crippen LogP contribution in [-0.2, 0) is 26.2 Å². The minimum absolute atomic E-state index is 0.00775. The number of methoxy groups -OCH3 is 1. The van der Waals surface area contributed by atoms with Crippen molar-refractivity contribution >= 4 is 39.1 Å². The number of ether oxygens (including phenoxy) is 1. The number of rotatable bonds is 11. The van der Waals surface area contributed by atoms with Gasteiger partial charge in [-0.3, -0.25) is 13.9 Å². The normalized spacial score (nSPS) is 14.6. The van der Waals surface area contributed by atoms with Crippen molar-refractivity contribution in [3.63, 3.8) is 0 Å². The minimum Gasteiger partial charge on any atom is -0.495 e. The van der Waals surface area contributed by atoms with Crippen molar-refractivity contribution in [2.45, 2.75) is 69.5 Å². The quantitative estimate of drug-likeness (QED) is 0.299. The summed E-state index contributed by atoms with van der Waals surface area (Å²) in [4.78, 5) is 29.1. The molecule has 0 aliphatic heterocycles. The number of halogens is 1. The summed E-state index contributed by atoms with van der Waals surface area (Å²) in [5.41, 5.74) is 1.94. The molecular formula is C32H38ClN3O5S. The summed E-state index contributed by atoms with van der Waals surface area (Å²) >= 11 is 6.30. The molecule has 4 rings (SSSR count). The first-order valence-electron chi connectivity index (χ1n) is 14.2. The molecule has 0 spiro atoms. The standard InChI is InChI=1S/C32H38ClN3O5S/c1-23-12-10-11-13-25(23)21-35(24(2)32(38)34-27-14-6-4-7-15-27)31(37)22-36(29-20-26(33)18-19-30(29)41-3)42(39,40)28-16-8-5-9-17-28/h5,8-13,16-20,24,27H,4,6-7,14-15,21-22H2,1-3H3,(H,34,38)/t24-/m0/s1. The van der Waals surface area contributed by atoms with E-state index in [0.29, 0.717) is 0 Å². The van der Waals surface area contributed by atoms with E-state index in [1.807, 2.05) is 31.2 Å². The third-order valence-electron chi connectivity index (χ3n) is 7.74. The summed E-state index contributed by atoms with van der Waals surface area (Å²) in [6.45, 7) is 3.19. The van der Waals surface area contributed by atoms with E-state index < -0.39 is 28.5 Å². The number of anilines is 1. The van der Waals surface area contributed by atoms with Gasteiger partial charge < -0.3 is 15.0 Å². The van der Waals surface area contributed by atoms with E-state index >= 15 is 0 Å². The van der Waals surface area contributed by atoms with E-state index in [9.17, 15) is 18.0 Å². The molecule has 1 fully saturated rings. The number of sulfonamides is 1. The van der Waals surface area contributed by atoms with Gasteiger partial charge in [0.25, 0.3) is 10.0 Å². The third-order valence-corrected chi connectivity index (χ3v) is 9.75. The van der Waals surface area contributed by atoms with Gasteiger partial charge in [0.15, 0.2) is 0 Å². The number of hydrogen-bond acceptors (Lipinski definition) is 5. The number of nitrogens with one attached hydrogen (secondary N) is 1. The average Bonchev–Trinajstić information content (AvgIpc) is 2.99. The van der Waals surface area contributed by atoms with E-state index in [4.69, 9.17) is 16.3 Å². The highest BCUT2D eigenvalue weighted by Crippen LogP contribution is 2.35. The summed E-state index contributed by atoms with van der Waals surface area (Å²) < 4.78 is 34.5. The van der Waals surface area contributed by atoms with Gasteiger partial charge in [-0.05, 0) is 68.1 Å². The van der Waals surface area contributed by atoms with Gasteiger partial charge in [-0.25, -0.2) is 8.42 Å². The molecule has 3 aromatic carbocycles. The van der Waals surface area contributed by atoms with Crippen LogP contribution in [0.2, 0.25) is 5.02 Å². The summed E-state index contributed by atoms with van der Waals surface area (Å²) in [7, 11) is -2.81. The van der Waals surface area contributed by atoms with Crippen molar-refractivity contribution < 1.29 is 22.7 Å². The van der Waals surface area contributed by atoms with Gasteiger partial charge in [0.1, 0.15) is 18.3 Å². The van der Waals surface area contributed by atoms with E-state index in [1.54, 1.807) is 37.3 Å². The molecule has 0 aromatic heterocycles. The predicted octanol–water partition coefficient (Wildman–Crippen LogP) is 5.72. The summed E-state index contributed by atoms with van der Waals surface area (Å²) in [5.74, 6) is -0.562. The molecule has 10 heteroatoms. The van der Waals surface area contributed by atoms with Crippen molar-refractivity contribution in [2.24, 2.45) is 0 Å². The molecule has 42 heavy (non-hydrogen) atoms. The summed E-state index contributed by atoms with van der Waals surface area (Å²) in [5, 5.41) is 3.40. The monoisotopic (exact) mass is 611 g/mol. The predicted molar refractivity (Wildman–Crippen MR) is 165 cm³/mol. The van der Waals surface area contributed by atoms with Gasteiger partial charge in [0.05, 0.1) is 17.7 Å². The zero-order valence-corrected chi connectivity index (χ0v) is 25.8. The van der Waals surface area contributed by atoms with Crippen molar-refractivity contribution in [3.05, 3.63) is 88.9 Å². The van der Waals surface area contributed by atoms with Crippen LogP contribution in [0, 0.1) is 6.92 Å². The van der Waals surface area contributed by atoms with Crippen molar-refractivity contribution in [3.8, 4) is 5.75 Å². The molecule has 1 aliphatic carbocycles. The Hall–Kier alpha value is -3.56. The Morgan fingerprint density at radius 1 is 1.00 bits per heavy atom. The first-order valence-corrected chi connectivity index (χ1v) is 16.0. The Morgan fingerprint density at radius 2 is 1.67 bits per heavy atom. The van der Waals surface area contributed by atoms with Crippen molar-refractivity contribution in [1.29, 1.82) is 0 Å². The maximum absolute atomic E-state index is 14.2. The third kappa shape index (κ3) is 7.44. The van der Waals surface area contributed by atoms with Crippen LogP contribution < -0.4 is 14.4 Å². The zero-order valence-electron chi connectivity index (χ0n) is 24.3. The maximum atomic E-state index is 14.2. The Labute approximate surface area is 253 Å². The van der Waals surface area contributed by atoms with Gasteiger partial charge in [-0.2, -0.15) is 0 Å². The smallest absolute Gasteiger partial charge is 0.264 e. The second-order valence-electron chi connectivity index (χ2n) is 10.6. The van der Waals surface area contributed by atoms with Crippen molar-refractivity contribution in [1.82, 2.24) is 10.2 Å². The van der Waals surface area contributed by atoms with Gasteiger partial charge >= 0.3 is 0 Å². The molecule has 224 valence electrons. The summed E-state index contributed by atoms with van der Waals surface area (Å²) in [6, 6.07) is 19.3. The average molecular weight is 612 g/mol. The lowest BCUT2D eigenvalue weighted by atomic mass is 9.95. The second-order valence-corrected chi connectivity index (χ2v) is 12.9. The lowest BCUT2D eigenvalue weighted by molar-refractivity contribution is -0.139. The Bertz CT molecular complexity index is 1490. The van der Waals surface area contributed by atoms with Crippen LogP contribution in [0.15, 0.2) is 77.7 Å². The van der Waals surface area contributed by atoms with Gasteiger partial charge in [0.2, 0.25) is 11.8 Å². The molecule has 0 heterocycles. The summed E-state index contributed by atoms with van der Waals surface area (Å²) in [6.07, 6.45) is 5.07. The van der Waals surface area contributed by atoms with Crippen LogP contribution in [0.4, 0.5) is 5.69 Å². The number of nitrogens with zero attached hydrogens (tertiary/aromatic N) is 2. The fourth-order valence-corrected chi connectivity index (χ4v) is 6.82. The van der Waals surface area contributed by atoms with E-state index in [0.717, 1.165) is 47.5 Å². The molecule has 0 unspecified atom stereocenters. The lowest BCUT2D eigenvalue weighted by Gasteiger charge is -2.33.